The molecule has 0 radical (unpaired) electrons. The highest BCUT2D eigenvalue weighted by molar-refractivity contribution is 7.98. The lowest BCUT2D eigenvalue weighted by Crippen LogP contribution is -2.27. The molecule has 0 saturated carbocycles. The molecule has 0 aliphatic carbocycles. The summed E-state index contributed by atoms with van der Waals surface area (Å²) in [4.78, 5) is 0.375. The zero-order chi connectivity index (χ0) is 14.1. The van der Waals surface area contributed by atoms with Gasteiger partial charge in [-0.05, 0) is 30.9 Å². The Bertz CT molecular complexity index is 475. The van der Waals surface area contributed by atoms with Gasteiger partial charge in [0.1, 0.15) is 0 Å². The minimum Gasteiger partial charge on any atom is -0.313 e. The number of rotatable bonds is 9. The van der Waals surface area contributed by atoms with Crippen LogP contribution in [0.5, 0.6) is 0 Å². The lowest BCUT2D eigenvalue weighted by molar-refractivity contribution is 0.581. The van der Waals surface area contributed by atoms with E-state index in [1.54, 1.807) is 23.9 Å². The van der Waals surface area contributed by atoms with Gasteiger partial charge in [-0.1, -0.05) is 25.1 Å². The quantitative estimate of drug-likeness (QED) is 0.683. The second-order valence-corrected chi connectivity index (χ2v) is 6.90. The van der Waals surface area contributed by atoms with Crippen molar-refractivity contribution in [2.24, 2.45) is 0 Å². The van der Waals surface area contributed by atoms with Crippen molar-refractivity contribution in [3.05, 3.63) is 29.8 Å². The van der Waals surface area contributed by atoms with Gasteiger partial charge in [-0.25, -0.2) is 13.1 Å². The zero-order valence-corrected chi connectivity index (χ0v) is 13.1. The van der Waals surface area contributed by atoms with Gasteiger partial charge in [-0.3, -0.25) is 0 Å². The molecule has 0 aromatic heterocycles. The summed E-state index contributed by atoms with van der Waals surface area (Å²) in [6.45, 7) is 4.00. The Morgan fingerprint density at radius 3 is 2.63 bits per heavy atom. The summed E-state index contributed by atoms with van der Waals surface area (Å²) >= 11 is 1.62. The van der Waals surface area contributed by atoms with Crippen molar-refractivity contribution in [1.82, 2.24) is 10.0 Å². The zero-order valence-electron chi connectivity index (χ0n) is 11.5. The van der Waals surface area contributed by atoms with Crippen molar-refractivity contribution in [3.63, 3.8) is 0 Å². The fourth-order valence-electron chi connectivity index (χ4n) is 1.67. The second-order valence-electron chi connectivity index (χ2n) is 4.18. The van der Waals surface area contributed by atoms with Gasteiger partial charge in [0.2, 0.25) is 10.0 Å². The maximum atomic E-state index is 12.2. The molecule has 0 heterocycles. The molecule has 0 aliphatic heterocycles. The molecule has 19 heavy (non-hydrogen) atoms. The Labute approximate surface area is 120 Å². The summed E-state index contributed by atoms with van der Waals surface area (Å²) in [6, 6.07) is 7.13. The number of benzene rings is 1. The molecule has 2 N–H and O–H groups in total. The van der Waals surface area contributed by atoms with E-state index >= 15 is 0 Å². The minimum absolute atomic E-state index is 0.375. The first-order chi connectivity index (χ1) is 9.11. The van der Waals surface area contributed by atoms with Crippen molar-refractivity contribution < 1.29 is 8.42 Å². The van der Waals surface area contributed by atoms with Crippen LogP contribution in [-0.4, -0.2) is 33.5 Å². The van der Waals surface area contributed by atoms with E-state index in [1.165, 1.54) is 0 Å². The third-order valence-electron chi connectivity index (χ3n) is 2.60. The van der Waals surface area contributed by atoms with E-state index in [2.05, 4.69) is 17.0 Å². The predicted molar refractivity (Wildman–Crippen MR) is 82.0 cm³/mol. The van der Waals surface area contributed by atoms with E-state index in [4.69, 9.17) is 0 Å². The lowest BCUT2D eigenvalue weighted by Gasteiger charge is -2.11. The first-order valence-corrected chi connectivity index (χ1v) is 9.26. The Morgan fingerprint density at radius 2 is 1.95 bits per heavy atom. The number of sulfonamides is 1. The Morgan fingerprint density at radius 1 is 1.21 bits per heavy atom. The Balaban J connectivity index is 2.80. The van der Waals surface area contributed by atoms with Crippen molar-refractivity contribution in [2.45, 2.75) is 24.8 Å². The topological polar surface area (TPSA) is 58.2 Å². The molecule has 0 fully saturated rings. The molecule has 1 aromatic carbocycles. The molecule has 0 unspecified atom stereocenters. The summed E-state index contributed by atoms with van der Waals surface area (Å²) in [6.07, 6.45) is 2.98. The lowest BCUT2D eigenvalue weighted by atomic mass is 10.2. The highest BCUT2D eigenvalue weighted by atomic mass is 32.2. The van der Waals surface area contributed by atoms with Crippen LogP contribution in [0.1, 0.15) is 18.9 Å². The summed E-state index contributed by atoms with van der Waals surface area (Å²) in [5.74, 6) is 0.773. The predicted octanol–water partition coefficient (Wildman–Crippen LogP) is 1.83. The molecule has 1 aromatic rings. The minimum atomic E-state index is -3.40. The molecule has 0 aliphatic rings. The van der Waals surface area contributed by atoms with Crippen molar-refractivity contribution in [3.8, 4) is 0 Å². The van der Waals surface area contributed by atoms with E-state index in [-0.39, 0.29) is 0 Å². The van der Waals surface area contributed by atoms with Crippen LogP contribution in [0.2, 0.25) is 0 Å². The molecule has 1 rings (SSSR count). The van der Waals surface area contributed by atoms with Crippen LogP contribution >= 0.6 is 11.8 Å². The van der Waals surface area contributed by atoms with Gasteiger partial charge in [0.25, 0.3) is 0 Å². The summed E-state index contributed by atoms with van der Waals surface area (Å²) in [5.41, 5.74) is 0.813. The van der Waals surface area contributed by atoms with Crippen LogP contribution in [0.4, 0.5) is 0 Å². The number of hydrogen-bond donors (Lipinski definition) is 2. The van der Waals surface area contributed by atoms with Crippen LogP contribution in [0.25, 0.3) is 0 Å². The SMILES string of the molecule is CCCNCc1ccccc1S(=O)(=O)NCCSC. The van der Waals surface area contributed by atoms with Crippen molar-refractivity contribution in [1.29, 1.82) is 0 Å². The van der Waals surface area contributed by atoms with E-state index in [0.717, 1.165) is 24.3 Å². The Kier molecular flexibility index (Phi) is 7.45. The third kappa shape index (κ3) is 5.52. The molecule has 6 heteroatoms. The molecule has 0 spiro atoms. The van der Waals surface area contributed by atoms with E-state index in [9.17, 15) is 8.42 Å². The normalized spacial score (nSPS) is 11.7. The standard InChI is InChI=1S/C13H22N2O2S2/c1-3-8-14-11-12-6-4-5-7-13(12)19(16,17)15-9-10-18-2/h4-7,14-15H,3,8-11H2,1-2H3. The molecule has 0 bridgehead atoms. The van der Waals surface area contributed by atoms with Crippen LogP contribution in [0.15, 0.2) is 29.2 Å². The van der Waals surface area contributed by atoms with E-state index in [0.29, 0.717) is 18.0 Å². The monoisotopic (exact) mass is 302 g/mol. The molecule has 4 nitrogen and oxygen atoms in total. The molecule has 108 valence electrons. The first kappa shape index (κ1) is 16.5. The third-order valence-corrected chi connectivity index (χ3v) is 4.78. The van der Waals surface area contributed by atoms with E-state index in [1.807, 2.05) is 18.4 Å². The summed E-state index contributed by atoms with van der Waals surface area (Å²) < 4.78 is 27.1. The van der Waals surface area contributed by atoms with Crippen molar-refractivity contribution >= 4 is 21.8 Å². The number of hydrogen-bond acceptors (Lipinski definition) is 4. The molecule has 0 saturated heterocycles. The number of thioether (sulfide) groups is 1. The highest BCUT2D eigenvalue weighted by Gasteiger charge is 2.16. The maximum Gasteiger partial charge on any atom is 0.240 e. The molecular formula is C13H22N2O2S2. The fourth-order valence-corrected chi connectivity index (χ4v) is 3.37. The molecular weight excluding hydrogens is 280 g/mol. The first-order valence-electron chi connectivity index (χ1n) is 6.39. The van der Waals surface area contributed by atoms with Crippen LogP contribution in [-0.2, 0) is 16.6 Å². The van der Waals surface area contributed by atoms with Crippen LogP contribution in [0.3, 0.4) is 0 Å². The maximum absolute atomic E-state index is 12.2. The smallest absolute Gasteiger partial charge is 0.240 e. The van der Waals surface area contributed by atoms with Gasteiger partial charge in [-0.15, -0.1) is 0 Å². The van der Waals surface area contributed by atoms with E-state index < -0.39 is 10.0 Å². The van der Waals surface area contributed by atoms with Gasteiger partial charge in [-0.2, -0.15) is 11.8 Å². The largest absolute Gasteiger partial charge is 0.313 e. The molecule has 0 atom stereocenters. The van der Waals surface area contributed by atoms with Gasteiger partial charge in [0.15, 0.2) is 0 Å². The Hall–Kier alpha value is -0.560. The number of nitrogens with one attached hydrogen (secondary N) is 2. The van der Waals surface area contributed by atoms with Crippen molar-refractivity contribution in [2.75, 3.05) is 25.1 Å². The van der Waals surface area contributed by atoms with Gasteiger partial charge in [0.05, 0.1) is 4.90 Å². The average Bonchev–Trinajstić information content (AvgIpc) is 2.40. The summed E-state index contributed by atoms with van der Waals surface area (Å²) in [5, 5.41) is 3.23. The van der Waals surface area contributed by atoms with Crippen LogP contribution < -0.4 is 10.0 Å². The molecule has 0 amide bonds. The van der Waals surface area contributed by atoms with Gasteiger partial charge in [0, 0.05) is 18.8 Å². The fraction of sp³-hybridized carbons (Fsp3) is 0.538. The van der Waals surface area contributed by atoms with Gasteiger partial charge < -0.3 is 5.32 Å². The van der Waals surface area contributed by atoms with Crippen LogP contribution in [0, 0.1) is 0 Å². The summed E-state index contributed by atoms with van der Waals surface area (Å²) in [7, 11) is -3.40. The second kappa shape index (κ2) is 8.58. The average molecular weight is 302 g/mol. The highest BCUT2D eigenvalue weighted by Crippen LogP contribution is 2.15. The van der Waals surface area contributed by atoms with Gasteiger partial charge >= 0.3 is 0 Å².